The van der Waals surface area contributed by atoms with Gasteiger partial charge in [-0.3, -0.25) is 0 Å². The molecule has 1 aliphatic heterocycles. The van der Waals surface area contributed by atoms with Gasteiger partial charge in [0.25, 0.3) is 0 Å². The summed E-state index contributed by atoms with van der Waals surface area (Å²) >= 11 is 0. The first-order valence-electron chi connectivity index (χ1n) is 5.13. The van der Waals surface area contributed by atoms with E-state index < -0.39 is 0 Å². The molecular weight excluding hydrogens is 174 g/mol. The zero-order valence-corrected chi connectivity index (χ0v) is 9.00. The van der Waals surface area contributed by atoms with Crippen LogP contribution in [0.1, 0.15) is 36.9 Å². The summed E-state index contributed by atoms with van der Waals surface area (Å²) in [7, 11) is 1.74. The van der Waals surface area contributed by atoms with Crippen LogP contribution >= 0.6 is 0 Å². The van der Waals surface area contributed by atoms with Crippen LogP contribution in [0.2, 0.25) is 0 Å². The van der Waals surface area contributed by atoms with Crippen LogP contribution in [0.5, 0.6) is 5.75 Å². The van der Waals surface area contributed by atoms with Gasteiger partial charge in [-0.25, -0.2) is 0 Å². The molecule has 76 valence electrons. The van der Waals surface area contributed by atoms with E-state index in [1.165, 1.54) is 11.1 Å². The lowest BCUT2D eigenvalue weighted by atomic mass is 10.00. The molecule has 0 aromatic heterocycles. The molecule has 1 atom stereocenters. The summed E-state index contributed by atoms with van der Waals surface area (Å²) in [6, 6.07) is 7.05. The van der Waals surface area contributed by atoms with Crippen molar-refractivity contribution in [3.8, 4) is 5.75 Å². The molecule has 1 saturated heterocycles. The van der Waals surface area contributed by atoms with Crippen LogP contribution in [0.25, 0.3) is 0 Å². The molecule has 0 amide bonds. The lowest BCUT2D eigenvalue weighted by Crippen LogP contribution is -1.95. The minimum Gasteiger partial charge on any atom is -0.496 e. The van der Waals surface area contributed by atoms with E-state index in [1.807, 2.05) is 0 Å². The van der Waals surface area contributed by atoms with Gasteiger partial charge in [-0.2, -0.15) is 0 Å². The Bertz CT molecular complexity index is 329. The second kappa shape index (κ2) is 3.62. The van der Waals surface area contributed by atoms with Crippen LogP contribution in [-0.2, 0) is 0 Å². The maximum Gasteiger partial charge on any atom is 0.123 e. The Morgan fingerprint density at radius 2 is 2.14 bits per heavy atom. The third-order valence-electron chi connectivity index (χ3n) is 2.71. The molecule has 1 unspecified atom stereocenters. The number of nitrogens with one attached hydrogen (secondary N) is 1. The van der Waals surface area contributed by atoms with Crippen LogP contribution in [0.4, 0.5) is 0 Å². The number of benzene rings is 1. The van der Waals surface area contributed by atoms with E-state index in [2.05, 4.69) is 37.4 Å². The summed E-state index contributed by atoms with van der Waals surface area (Å²) in [5, 5.41) is 3.29. The quantitative estimate of drug-likeness (QED) is 0.744. The molecule has 1 aliphatic rings. The van der Waals surface area contributed by atoms with E-state index in [0.29, 0.717) is 12.0 Å². The third kappa shape index (κ3) is 1.75. The van der Waals surface area contributed by atoms with Crippen LogP contribution in [0.3, 0.4) is 0 Å². The van der Waals surface area contributed by atoms with Crippen LogP contribution < -0.4 is 10.1 Å². The molecular formula is C12H17NO. The van der Waals surface area contributed by atoms with Gasteiger partial charge in [-0.05, 0) is 17.5 Å². The average Bonchev–Trinajstić information content (AvgIpc) is 3.00. The predicted molar refractivity (Wildman–Crippen MR) is 57.8 cm³/mol. The number of methoxy groups -OCH3 is 1. The van der Waals surface area contributed by atoms with E-state index in [1.54, 1.807) is 7.11 Å². The lowest BCUT2D eigenvalue weighted by Gasteiger charge is -2.11. The Labute approximate surface area is 85.3 Å². The fourth-order valence-electron chi connectivity index (χ4n) is 1.65. The summed E-state index contributed by atoms with van der Waals surface area (Å²) in [5.74, 6) is 1.58. The normalized spacial score (nSPS) is 19.9. The fourth-order valence-corrected chi connectivity index (χ4v) is 1.65. The fraction of sp³-hybridized carbons (Fsp3) is 0.500. The maximum absolute atomic E-state index is 5.40. The van der Waals surface area contributed by atoms with Crippen LogP contribution in [-0.4, -0.2) is 13.7 Å². The summed E-state index contributed by atoms with van der Waals surface area (Å²) in [6.45, 7) is 5.48. The van der Waals surface area contributed by atoms with Gasteiger partial charge in [-0.1, -0.05) is 26.0 Å². The van der Waals surface area contributed by atoms with Crippen molar-refractivity contribution in [3.63, 3.8) is 0 Å². The van der Waals surface area contributed by atoms with Gasteiger partial charge in [0.15, 0.2) is 0 Å². The van der Waals surface area contributed by atoms with Crippen molar-refractivity contribution in [1.82, 2.24) is 5.32 Å². The van der Waals surface area contributed by atoms with E-state index in [0.717, 1.165) is 12.3 Å². The zero-order valence-electron chi connectivity index (χ0n) is 9.00. The molecule has 1 aromatic carbocycles. The number of rotatable bonds is 3. The highest BCUT2D eigenvalue weighted by molar-refractivity contribution is 5.42. The Morgan fingerprint density at radius 3 is 2.64 bits per heavy atom. The molecule has 0 spiro atoms. The van der Waals surface area contributed by atoms with Gasteiger partial charge < -0.3 is 10.1 Å². The average molecular weight is 191 g/mol. The summed E-state index contributed by atoms with van der Waals surface area (Å²) < 4.78 is 5.40. The highest BCUT2D eigenvalue weighted by Crippen LogP contribution is 2.32. The van der Waals surface area contributed by atoms with E-state index in [9.17, 15) is 0 Å². The van der Waals surface area contributed by atoms with Crippen molar-refractivity contribution >= 4 is 0 Å². The summed E-state index contributed by atoms with van der Waals surface area (Å²) in [4.78, 5) is 0. The second-order valence-corrected chi connectivity index (χ2v) is 4.12. The van der Waals surface area contributed by atoms with E-state index >= 15 is 0 Å². The lowest BCUT2D eigenvalue weighted by molar-refractivity contribution is 0.409. The van der Waals surface area contributed by atoms with Crippen LogP contribution in [0, 0.1) is 0 Å². The van der Waals surface area contributed by atoms with Crippen molar-refractivity contribution in [3.05, 3.63) is 29.3 Å². The molecule has 0 saturated carbocycles. The third-order valence-corrected chi connectivity index (χ3v) is 2.71. The SMILES string of the molecule is COc1cc(C(C)C)ccc1C1CN1. The minimum atomic E-state index is 0.520. The highest BCUT2D eigenvalue weighted by atomic mass is 16.5. The molecule has 1 fully saturated rings. The molecule has 1 N–H and O–H groups in total. The van der Waals surface area contributed by atoms with Gasteiger partial charge >= 0.3 is 0 Å². The molecule has 0 aliphatic carbocycles. The largest absolute Gasteiger partial charge is 0.496 e. The van der Waals surface area contributed by atoms with Gasteiger partial charge in [0.2, 0.25) is 0 Å². The standard InChI is InChI=1S/C12H17NO/c1-8(2)9-4-5-10(11-7-13-11)12(6-9)14-3/h4-6,8,11,13H,7H2,1-3H3. The molecule has 14 heavy (non-hydrogen) atoms. The minimum absolute atomic E-state index is 0.520. The smallest absolute Gasteiger partial charge is 0.123 e. The van der Waals surface area contributed by atoms with Crippen molar-refractivity contribution in [1.29, 1.82) is 0 Å². The van der Waals surface area contributed by atoms with Crippen LogP contribution in [0.15, 0.2) is 18.2 Å². The summed E-state index contributed by atoms with van der Waals surface area (Å²) in [5.41, 5.74) is 2.63. The Balaban J connectivity index is 2.34. The van der Waals surface area contributed by atoms with E-state index in [-0.39, 0.29) is 0 Å². The number of ether oxygens (including phenoxy) is 1. The Hall–Kier alpha value is -1.02. The van der Waals surface area contributed by atoms with Crippen molar-refractivity contribution < 1.29 is 4.74 Å². The number of hydrogen-bond donors (Lipinski definition) is 1. The first kappa shape index (κ1) is 9.53. The van der Waals surface area contributed by atoms with E-state index in [4.69, 9.17) is 4.74 Å². The molecule has 2 nitrogen and oxygen atoms in total. The van der Waals surface area contributed by atoms with Gasteiger partial charge in [0.1, 0.15) is 5.75 Å². The van der Waals surface area contributed by atoms with Crippen molar-refractivity contribution in [2.75, 3.05) is 13.7 Å². The Morgan fingerprint density at radius 1 is 1.43 bits per heavy atom. The topological polar surface area (TPSA) is 31.2 Å². The van der Waals surface area contributed by atoms with Gasteiger partial charge in [0.05, 0.1) is 7.11 Å². The summed E-state index contributed by atoms with van der Waals surface area (Å²) in [6.07, 6.45) is 0. The predicted octanol–water partition coefficient (Wildman–Crippen LogP) is 2.46. The van der Waals surface area contributed by atoms with Gasteiger partial charge in [0, 0.05) is 18.2 Å². The molecule has 2 rings (SSSR count). The monoisotopic (exact) mass is 191 g/mol. The van der Waals surface area contributed by atoms with Gasteiger partial charge in [-0.15, -0.1) is 0 Å². The molecule has 0 bridgehead atoms. The highest BCUT2D eigenvalue weighted by Gasteiger charge is 2.25. The second-order valence-electron chi connectivity index (χ2n) is 4.12. The first-order chi connectivity index (χ1) is 6.72. The molecule has 0 radical (unpaired) electrons. The number of hydrogen-bond acceptors (Lipinski definition) is 2. The Kier molecular flexibility index (Phi) is 2.46. The maximum atomic E-state index is 5.40. The van der Waals surface area contributed by atoms with Crippen molar-refractivity contribution in [2.45, 2.75) is 25.8 Å². The van der Waals surface area contributed by atoms with Crippen molar-refractivity contribution in [2.24, 2.45) is 0 Å². The molecule has 2 heteroatoms. The first-order valence-corrected chi connectivity index (χ1v) is 5.13. The molecule has 1 aromatic rings. The molecule has 1 heterocycles. The zero-order chi connectivity index (χ0) is 10.1.